The van der Waals surface area contributed by atoms with E-state index in [1.807, 2.05) is 0 Å². The second-order valence-corrected chi connectivity index (χ2v) is 4.79. The monoisotopic (exact) mass is 297 g/mol. The Kier molecular flexibility index (Phi) is 3.76. The molecule has 7 heteroatoms. The number of halogens is 3. The maximum Gasteiger partial charge on any atom is 0.416 e. The maximum absolute atomic E-state index is 12.7. The van der Waals surface area contributed by atoms with E-state index >= 15 is 0 Å². The molecule has 2 aromatic rings. The number of hydrogen-bond acceptors (Lipinski definition) is 2. The van der Waals surface area contributed by atoms with Gasteiger partial charge in [-0.3, -0.25) is 9.89 Å². The number of aromatic nitrogens is 2. The molecule has 0 saturated carbocycles. The zero-order valence-electron chi connectivity index (χ0n) is 11.7. The number of nitrogens with zero attached hydrogens (tertiary/aromatic N) is 1. The minimum absolute atomic E-state index is 0.134. The Labute approximate surface area is 119 Å². The summed E-state index contributed by atoms with van der Waals surface area (Å²) in [5.74, 6) is -0.485. The lowest BCUT2D eigenvalue weighted by Gasteiger charge is -2.12. The van der Waals surface area contributed by atoms with Gasteiger partial charge in [-0.2, -0.15) is 18.3 Å². The highest BCUT2D eigenvalue weighted by molar-refractivity contribution is 6.06. The van der Waals surface area contributed by atoms with Crippen molar-refractivity contribution in [1.29, 1.82) is 0 Å². The van der Waals surface area contributed by atoms with Crippen LogP contribution in [0.1, 0.15) is 32.9 Å². The molecular formula is C14H14F3N3O. The van der Waals surface area contributed by atoms with E-state index in [-0.39, 0.29) is 5.69 Å². The van der Waals surface area contributed by atoms with Crippen molar-refractivity contribution in [3.05, 3.63) is 46.3 Å². The van der Waals surface area contributed by atoms with E-state index in [0.29, 0.717) is 22.5 Å². The molecule has 0 aliphatic carbocycles. The van der Waals surface area contributed by atoms with Crippen LogP contribution >= 0.6 is 0 Å². The third kappa shape index (κ3) is 3.07. The first-order valence-electron chi connectivity index (χ1n) is 6.21. The molecule has 0 saturated heterocycles. The summed E-state index contributed by atoms with van der Waals surface area (Å²) in [4.78, 5) is 12.2. The molecule has 0 fully saturated rings. The standard InChI is InChI=1S/C14H14F3N3O/c1-7-4-5-10(14(15,16)17)6-11(7)18-13(21)12-8(2)19-20-9(12)3/h4-6H,1-3H3,(H,18,21)(H,19,20). The van der Waals surface area contributed by atoms with Crippen LogP contribution < -0.4 is 5.32 Å². The van der Waals surface area contributed by atoms with Crippen molar-refractivity contribution < 1.29 is 18.0 Å². The molecule has 2 N–H and O–H groups in total. The lowest BCUT2D eigenvalue weighted by molar-refractivity contribution is -0.137. The number of alkyl halides is 3. The summed E-state index contributed by atoms with van der Waals surface area (Å²) >= 11 is 0. The van der Waals surface area contributed by atoms with Crippen molar-refractivity contribution in [3.63, 3.8) is 0 Å². The van der Waals surface area contributed by atoms with Gasteiger partial charge in [0.2, 0.25) is 0 Å². The lowest BCUT2D eigenvalue weighted by Crippen LogP contribution is -2.15. The summed E-state index contributed by atoms with van der Waals surface area (Å²) in [6.45, 7) is 4.95. The van der Waals surface area contributed by atoms with Gasteiger partial charge in [0.15, 0.2) is 0 Å². The molecule has 1 aromatic carbocycles. The number of carbonyl (C=O) groups excluding carboxylic acids is 1. The lowest BCUT2D eigenvalue weighted by atomic mass is 10.1. The van der Waals surface area contributed by atoms with Crippen molar-refractivity contribution in [2.24, 2.45) is 0 Å². The molecule has 1 aromatic heterocycles. The number of hydrogen-bond donors (Lipinski definition) is 2. The molecule has 2 rings (SSSR count). The van der Waals surface area contributed by atoms with Gasteiger partial charge >= 0.3 is 6.18 Å². The van der Waals surface area contributed by atoms with Crippen LogP contribution in [0.2, 0.25) is 0 Å². The fourth-order valence-corrected chi connectivity index (χ4v) is 2.00. The molecule has 112 valence electrons. The van der Waals surface area contributed by atoms with Gasteiger partial charge < -0.3 is 5.32 Å². The summed E-state index contributed by atoms with van der Waals surface area (Å²) in [5, 5.41) is 9.06. The van der Waals surface area contributed by atoms with Gasteiger partial charge in [0.25, 0.3) is 5.91 Å². The van der Waals surface area contributed by atoms with Crippen LogP contribution in [0.15, 0.2) is 18.2 Å². The number of benzene rings is 1. The molecule has 0 bridgehead atoms. The van der Waals surface area contributed by atoms with Crippen molar-refractivity contribution in [2.45, 2.75) is 26.9 Å². The number of carbonyl (C=O) groups is 1. The summed E-state index contributed by atoms with van der Waals surface area (Å²) in [5.41, 5.74) is 1.28. The van der Waals surface area contributed by atoms with Gasteiger partial charge in [0, 0.05) is 11.4 Å². The van der Waals surface area contributed by atoms with Crippen LogP contribution in [0.4, 0.5) is 18.9 Å². The predicted molar refractivity (Wildman–Crippen MR) is 72.2 cm³/mol. The highest BCUT2D eigenvalue weighted by atomic mass is 19.4. The number of H-pyrrole nitrogens is 1. The molecule has 0 radical (unpaired) electrons. The van der Waals surface area contributed by atoms with Gasteiger partial charge in [-0.15, -0.1) is 0 Å². The van der Waals surface area contributed by atoms with E-state index in [0.717, 1.165) is 12.1 Å². The Morgan fingerprint density at radius 3 is 2.43 bits per heavy atom. The van der Waals surface area contributed by atoms with Crippen LogP contribution in [-0.2, 0) is 6.18 Å². The number of anilines is 1. The van der Waals surface area contributed by atoms with Gasteiger partial charge in [0.1, 0.15) is 0 Å². The van der Waals surface area contributed by atoms with E-state index in [1.54, 1.807) is 20.8 Å². The van der Waals surface area contributed by atoms with Crippen molar-refractivity contribution in [2.75, 3.05) is 5.32 Å². The summed E-state index contributed by atoms with van der Waals surface area (Å²) in [6.07, 6.45) is -4.45. The average molecular weight is 297 g/mol. The second kappa shape index (κ2) is 5.23. The molecule has 0 spiro atoms. The topological polar surface area (TPSA) is 57.8 Å². The number of nitrogens with one attached hydrogen (secondary N) is 2. The van der Waals surface area contributed by atoms with E-state index in [9.17, 15) is 18.0 Å². The molecule has 0 unspecified atom stereocenters. The smallest absolute Gasteiger partial charge is 0.322 e. The Bertz CT molecular complexity index is 670. The van der Waals surface area contributed by atoms with E-state index in [2.05, 4.69) is 15.5 Å². The Morgan fingerprint density at radius 1 is 1.24 bits per heavy atom. The zero-order valence-corrected chi connectivity index (χ0v) is 11.7. The maximum atomic E-state index is 12.7. The van der Waals surface area contributed by atoms with Crippen molar-refractivity contribution >= 4 is 11.6 Å². The SMILES string of the molecule is Cc1ccc(C(F)(F)F)cc1NC(=O)c1c(C)n[nH]c1C. The van der Waals surface area contributed by atoms with E-state index < -0.39 is 17.6 Å². The predicted octanol–water partition coefficient (Wildman–Crippen LogP) is 3.61. The number of rotatable bonds is 2. The molecule has 0 aliphatic heterocycles. The zero-order chi connectivity index (χ0) is 15.8. The molecule has 0 atom stereocenters. The van der Waals surface area contributed by atoms with Gasteiger partial charge in [-0.25, -0.2) is 0 Å². The second-order valence-electron chi connectivity index (χ2n) is 4.79. The molecule has 1 amide bonds. The van der Waals surface area contributed by atoms with Crippen LogP contribution in [0.3, 0.4) is 0 Å². The Morgan fingerprint density at radius 2 is 1.90 bits per heavy atom. The largest absolute Gasteiger partial charge is 0.416 e. The summed E-state index contributed by atoms with van der Waals surface area (Å²) in [7, 11) is 0. The highest BCUT2D eigenvalue weighted by Gasteiger charge is 2.31. The Hall–Kier alpha value is -2.31. The average Bonchev–Trinajstić information content (AvgIpc) is 2.70. The first-order chi connectivity index (χ1) is 9.70. The molecular weight excluding hydrogens is 283 g/mol. The molecule has 1 heterocycles. The first-order valence-corrected chi connectivity index (χ1v) is 6.21. The summed E-state index contributed by atoms with van der Waals surface area (Å²) < 4.78 is 38.1. The molecule has 21 heavy (non-hydrogen) atoms. The first kappa shape index (κ1) is 15.1. The quantitative estimate of drug-likeness (QED) is 0.889. The van der Waals surface area contributed by atoms with Crippen LogP contribution in [0.5, 0.6) is 0 Å². The van der Waals surface area contributed by atoms with Gasteiger partial charge in [-0.05, 0) is 38.5 Å². The number of aromatic amines is 1. The van der Waals surface area contributed by atoms with E-state index in [1.165, 1.54) is 6.07 Å². The van der Waals surface area contributed by atoms with Crippen LogP contribution in [0, 0.1) is 20.8 Å². The molecule has 4 nitrogen and oxygen atoms in total. The number of aryl methyl sites for hydroxylation is 3. The fourth-order valence-electron chi connectivity index (χ4n) is 2.00. The summed E-state index contributed by atoms with van der Waals surface area (Å²) in [6, 6.07) is 3.24. The van der Waals surface area contributed by atoms with Gasteiger partial charge in [0.05, 0.1) is 16.8 Å². The minimum Gasteiger partial charge on any atom is -0.322 e. The van der Waals surface area contributed by atoms with E-state index in [4.69, 9.17) is 0 Å². The van der Waals surface area contributed by atoms with Crippen LogP contribution in [-0.4, -0.2) is 16.1 Å². The third-order valence-corrected chi connectivity index (χ3v) is 3.17. The molecule has 0 aliphatic rings. The fraction of sp³-hybridized carbons (Fsp3) is 0.286. The Balaban J connectivity index is 2.34. The minimum atomic E-state index is -4.45. The number of amides is 1. The van der Waals surface area contributed by atoms with Crippen molar-refractivity contribution in [3.8, 4) is 0 Å². The highest BCUT2D eigenvalue weighted by Crippen LogP contribution is 2.32. The van der Waals surface area contributed by atoms with Crippen LogP contribution in [0.25, 0.3) is 0 Å². The third-order valence-electron chi connectivity index (χ3n) is 3.17. The van der Waals surface area contributed by atoms with Gasteiger partial charge in [-0.1, -0.05) is 6.07 Å². The normalized spacial score (nSPS) is 11.5. The van der Waals surface area contributed by atoms with Crippen molar-refractivity contribution in [1.82, 2.24) is 10.2 Å².